The minimum atomic E-state index is -4.72. The molecular formula is C13H5Cl5F3NO. The van der Waals surface area contributed by atoms with Crippen molar-refractivity contribution in [3.05, 3.63) is 48.5 Å². The number of aliphatic hydroxyl groups excluding tert-OH is 1. The highest BCUT2D eigenvalue weighted by atomic mass is 35.5. The molecule has 0 amide bonds. The van der Waals surface area contributed by atoms with Crippen molar-refractivity contribution in [3.8, 4) is 11.3 Å². The lowest BCUT2D eigenvalue weighted by molar-refractivity contribution is -0.141. The van der Waals surface area contributed by atoms with Crippen LogP contribution in [0.25, 0.3) is 11.3 Å². The van der Waals surface area contributed by atoms with Crippen molar-refractivity contribution >= 4 is 58.0 Å². The van der Waals surface area contributed by atoms with E-state index in [0.29, 0.717) is 6.07 Å². The SMILES string of the molecule is OCc1cc(-c2c(Cl)c(Cl)c(Cl)c(Cl)c2Cl)nc(C(F)(F)F)c1. The van der Waals surface area contributed by atoms with Gasteiger partial charge in [-0.15, -0.1) is 0 Å². The average molecular weight is 425 g/mol. The summed E-state index contributed by atoms with van der Waals surface area (Å²) in [7, 11) is 0. The van der Waals surface area contributed by atoms with Crippen LogP contribution < -0.4 is 0 Å². The molecule has 0 saturated heterocycles. The van der Waals surface area contributed by atoms with E-state index < -0.39 is 18.5 Å². The van der Waals surface area contributed by atoms with Gasteiger partial charge in [-0.1, -0.05) is 58.0 Å². The quantitative estimate of drug-likeness (QED) is 0.439. The van der Waals surface area contributed by atoms with Crippen molar-refractivity contribution in [1.82, 2.24) is 4.98 Å². The van der Waals surface area contributed by atoms with Crippen LogP contribution in [0.1, 0.15) is 11.3 Å². The van der Waals surface area contributed by atoms with Gasteiger partial charge in [0, 0.05) is 5.56 Å². The number of nitrogens with zero attached hydrogens (tertiary/aromatic N) is 1. The fourth-order valence-electron chi connectivity index (χ4n) is 1.78. The van der Waals surface area contributed by atoms with Gasteiger partial charge in [-0.25, -0.2) is 4.98 Å². The van der Waals surface area contributed by atoms with Gasteiger partial charge in [0.05, 0.1) is 37.4 Å². The summed E-state index contributed by atoms with van der Waals surface area (Å²) in [5.41, 5.74) is -1.59. The summed E-state index contributed by atoms with van der Waals surface area (Å²) in [6.45, 7) is -0.636. The second-order valence-corrected chi connectivity index (χ2v) is 6.24. The number of rotatable bonds is 2. The molecule has 0 bridgehead atoms. The fourth-order valence-corrected chi connectivity index (χ4v) is 3.11. The molecule has 0 unspecified atom stereocenters. The monoisotopic (exact) mass is 423 g/mol. The minimum absolute atomic E-state index is 0.0309. The number of benzene rings is 1. The Hall–Kier alpha value is -0.430. The van der Waals surface area contributed by atoms with Crippen LogP contribution in [0.15, 0.2) is 12.1 Å². The molecule has 23 heavy (non-hydrogen) atoms. The summed E-state index contributed by atoms with van der Waals surface area (Å²) in [6.07, 6.45) is -4.72. The topological polar surface area (TPSA) is 33.1 Å². The average Bonchev–Trinajstić information content (AvgIpc) is 2.50. The maximum atomic E-state index is 12.9. The van der Waals surface area contributed by atoms with E-state index in [1.807, 2.05) is 0 Å². The third-order valence-electron chi connectivity index (χ3n) is 2.82. The molecule has 2 rings (SSSR count). The number of alkyl halides is 3. The molecule has 0 aliphatic carbocycles. The van der Waals surface area contributed by atoms with Crippen molar-refractivity contribution in [1.29, 1.82) is 0 Å². The van der Waals surface area contributed by atoms with Crippen LogP contribution >= 0.6 is 58.0 Å². The zero-order chi connectivity index (χ0) is 17.5. The summed E-state index contributed by atoms with van der Waals surface area (Å²) in [5.74, 6) is 0. The van der Waals surface area contributed by atoms with Crippen LogP contribution in [0.4, 0.5) is 13.2 Å². The van der Waals surface area contributed by atoms with Crippen molar-refractivity contribution in [2.45, 2.75) is 12.8 Å². The van der Waals surface area contributed by atoms with Gasteiger partial charge in [0.15, 0.2) is 0 Å². The Kier molecular flexibility index (Phi) is 5.61. The van der Waals surface area contributed by atoms with E-state index in [1.54, 1.807) is 0 Å². The third kappa shape index (κ3) is 3.65. The first kappa shape index (κ1) is 18.9. The number of aliphatic hydroxyl groups is 1. The van der Waals surface area contributed by atoms with Crippen molar-refractivity contribution in [3.63, 3.8) is 0 Å². The van der Waals surface area contributed by atoms with E-state index in [2.05, 4.69) is 4.98 Å². The molecule has 0 spiro atoms. The molecule has 1 N–H and O–H groups in total. The molecule has 0 fully saturated rings. The van der Waals surface area contributed by atoms with E-state index in [9.17, 15) is 13.2 Å². The fraction of sp³-hybridized carbons (Fsp3) is 0.154. The number of aromatic nitrogens is 1. The van der Waals surface area contributed by atoms with Crippen molar-refractivity contribution < 1.29 is 18.3 Å². The molecule has 1 aromatic heterocycles. The molecule has 0 radical (unpaired) electrons. The second-order valence-electron chi connectivity index (χ2n) is 4.35. The highest BCUT2D eigenvalue weighted by molar-refractivity contribution is 6.56. The number of hydrogen-bond donors (Lipinski definition) is 1. The molecule has 2 nitrogen and oxygen atoms in total. The predicted octanol–water partition coefficient (Wildman–Crippen LogP) is 6.53. The summed E-state index contributed by atoms with van der Waals surface area (Å²) < 4.78 is 38.8. The van der Waals surface area contributed by atoms with E-state index >= 15 is 0 Å². The summed E-state index contributed by atoms with van der Waals surface area (Å²) in [5, 5.41) is 8.32. The predicted molar refractivity (Wildman–Crippen MR) is 85.6 cm³/mol. The zero-order valence-electron chi connectivity index (χ0n) is 10.8. The minimum Gasteiger partial charge on any atom is -0.392 e. The molecule has 0 aliphatic heterocycles. The van der Waals surface area contributed by atoms with Crippen LogP contribution in [-0.2, 0) is 12.8 Å². The summed E-state index contributed by atoms with van der Waals surface area (Å²) in [6, 6.07) is 1.91. The van der Waals surface area contributed by atoms with Crippen LogP contribution in [-0.4, -0.2) is 10.1 Å². The summed E-state index contributed by atoms with van der Waals surface area (Å²) >= 11 is 29.7. The maximum Gasteiger partial charge on any atom is 0.433 e. The van der Waals surface area contributed by atoms with Gasteiger partial charge < -0.3 is 5.11 Å². The van der Waals surface area contributed by atoms with Gasteiger partial charge in [-0.2, -0.15) is 13.2 Å². The molecule has 1 heterocycles. The first-order chi connectivity index (χ1) is 10.6. The Morgan fingerprint density at radius 3 is 1.78 bits per heavy atom. The standard InChI is InChI=1S/C13H5Cl5F3NO/c14-8-7(9(15)11(17)12(18)10(8)16)5-1-4(3-23)2-6(22-5)13(19,20)21/h1-2,23H,3H2. The van der Waals surface area contributed by atoms with Crippen molar-refractivity contribution in [2.75, 3.05) is 0 Å². The molecule has 0 aliphatic rings. The Labute approximate surface area is 153 Å². The number of pyridine rings is 1. The van der Waals surface area contributed by atoms with Crippen molar-refractivity contribution in [2.24, 2.45) is 0 Å². The van der Waals surface area contributed by atoms with Gasteiger partial charge >= 0.3 is 6.18 Å². The number of halogens is 8. The van der Waals surface area contributed by atoms with Crippen LogP contribution in [0.3, 0.4) is 0 Å². The Balaban J connectivity index is 2.82. The van der Waals surface area contributed by atoms with Gasteiger partial charge in [0.25, 0.3) is 0 Å². The molecule has 2 aromatic rings. The molecule has 124 valence electrons. The lowest BCUT2D eigenvalue weighted by Gasteiger charge is -2.15. The molecule has 0 saturated carbocycles. The van der Waals surface area contributed by atoms with Crippen LogP contribution in [0, 0.1) is 0 Å². The first-order valence-electron chi connectivity index (χ1n) is 5.78. The maximum absolute atomic E-state index is 12.9. The third-order valence-corrected chi connectivity index (χ3v) is 5.10. The molecule has 1 aromatic carbocycles. The number of hydrogen-bond acceptors (Lipinski definition) is 2. The lowest BCUT2D eigenvalue weighted by Crippen LogP contribution is -2.10. The van der Waals surface area contributed by atoms with Gasteiger partial charge in [-0.05, 0) is 17.7 Å². The summed E-state index contributed by atoms with van der Waals surface area (Å²) in [4.78, 5) is 3.49. The van der Waals surface area contributed by atoms with Crippen LogP contribution in [0.5, 0.6) is 0 Å². The highest BCUT2D eigenvalue weighted by Gasteiger charge is 2.34. The first-order valence-corrected chi connectivity index (χ1v) is 7.67. The van der Waals surface area contributed by atoms with Gasteiger partial charge in [0.1, 0.15) is 5.69 Å². The normalized spacial score (nSPS) is 11.9. The Morgan fingerprint density at radius 1 is 0.870 bits per heavy atom. The molecule has 0 atom stereocenters. The Bertz CT molecular complexity index is 750. The largest absolute Gasteiger partial charge is 0.433 e. The van der Waals surface area contributed by atoms with E-state index in [1.165, 1.54) is 6.07 Å². The van der Waals surface area contributed by atoms with E-state index in [0.717, 1.165) is 0 Å². The van der Waals surface area contributed by atoms with Gasteiger partial charge in [-0.3, -0.25) is 0 Å². The lowest BCUT2D eigenvalue weighted by atomic mass is 10.1. The van der Waals surface area contributed by atoms with E-state index in [4.69, 9.17) is 63.1 Å². The second kappa shape index (κ2) is 6.82. The molecular weight excluding hydrogens is 420 g/mol. The van der Waals surface area contributed by atoms with Gasteiger partial charge in [0.2, 0.25) is 0 Å². The Morgan fingerprint density at radius 2 is 1.35 bits per heavy atom. The molecule has 10 heteroatoms. The van der Waals surface area contributed by atoms with Crippen LogP contribution in [0.2, 0.25) is 25.1 Å². The zero-order valence-corrected chi connectivity index (χ0v) is 14.6. The smallest absolute Gasteiger partial charge is 0.392 e. The highest BCUT2D eigenvalue weighted by Crippen LogP contribution is 2.48. The van der Waals surface area contributed by atoms with E-state index in [-0.39, 0.29) is 41.9 Å².